The Bertz CT molecular complexity index is 573. The lowest BCUT2D eigenvalue weighted by Gasteiger charge is -2.30. The third-order valence-electron chi connectivity index (χ3n) is 3.76. The average Bonchev–Trinajstić information content (AvgIpc) is 2.82. The van der Waals surface area contributed by atoms with Gasteiger partial charge in [-0.25, -0.2) is 0 Å². The van der Waals surface area contributed by atoms with Gasteiger partial charge >= 0.3 is 0 Å². The molecule has 1 unspecified atom stereocenters. The second-order valence-electron chi connectivity index (χ2n) is 5.25. The number of aromatic nitrogens is 1. The maximum atomic E-state index is 12.5. The Kier molecular flexibility index (Phi) is 2.82. The fraction of sp³-hybridized carbons (Fsp3) is 0.400. The molecule has 94 valence electrons. The molecule has 0 spiro atoms. The highest BCUT2D eigenvalue weighted by molar-refractivity contribution is 6.06. The Morgan fingerprint density at radius 2 is 2.22 bits per heavy atom. The highest BCUT2D eigenvalue weighted by atomic mass is 16.2. The van der Waals surface area contributed by atoms with Crippen molar-refractivity contribution in [3.8, 4) is 0 Å². The van der Waals surface area contributed by atoms with Crippen molar-refractivity contribution in [2.75, 3.05) is 13.1 Å². The standard InChI is InChI=1S/C15H18N2O/c1-11-5-4-8-17(10-11)15(18)13-9-16-14-7-3-2-6-12(13)14/h2-3,6-7,9,11,16H,4-5,8,10H2,1H3. The fourth-order valence-electron chi connectivity index (χ4n) is 2.79. The molecule has 1 N–H and O–H groups in total. The highest BCUT2D eigenvalue weighted by Crippen LogP contribution is 2.22. The predicted octanol–water partition coefficient (Wildman–Crippen LogP) is 3.04. The summed E-state index contributed by atoms with van der Waals surface area (Å²) in [6.45, 7) is 4.00. The van der Waals surface area contributed by atoms with Gasteiger partial charge in [0.1, 0.15) is 0 Å². The van der Waals surface area contributed by atoms with E-state index in [9.17, 15) is 4.79 Å². The minimum Gasteiger partial charge on any atom is -0.360 e. The summed E-state index contributed by atoms with van der Waals surface area (Å²) in [6, 6.07) is 7.97. The Morgan fingerprint density at radius 3 is 3.06 bits per heavy atom. The Balaban J connectivity index is 1.92. The van der Waals surface area contributed by atoms with Crippen LogP contribution in [-0.2, 0) is 0 Å². The van der Waals surface area contributed by atoms with E-state index < -0.39 is 0 Å². The van der Waals surface area contributed by atoms with Crippen LogP contribution in [0.15, 0.2) is 30.5 Å². The minimum atomic E-state index is 0.166. The molecular weight excluding hydrogens is 224 g/mol. The Hall–Kier alpha value is -1.77. The third-order valence-corrected chi connectivity index (χ3v) is 3.76. The second kappa shape index (κ2) is 4.48. The van der Waals surface area contributed by atoms with Crippen molar-refractivity contribution in [2.45, 2.75) is 19.8 Å². The van der Waals surface area contributed by atoms with Crippen LogP contribution in [0.4, 0.5) is 0 Å². The number of hydrogen-bond donors (Lipinski definition) is 1. The largest absolute Gasteiger partial charge is 0.360 e. The topological polar surface area (TPSA) is 36.1 Å². The molecule has 0 bridgehead atoms. The van der Waals surface area contributed by atoms with E-state index in [1.807, 2.05) is 35.4 Å². The summed E-state index contributed by atoms with van der Waals surface area (Å²) in [6.07, 6.45) is 4.19. The quantitative estimate of drug-likeness (QED) is 0.819. The van der Waals surface area contributed by atoms with Gasteiger partial charge < -0.3 is 9.88 Å². The van der Waals surface area contributed by atoms with Gasteiger partial charge in [0, 0.05) is 30.2 Å². The summed E-state index contributed by atoms with van der Waals surface area (Å²) < 4.78 is 0. The molecule has 2 aromatic rings. The van der Waals surface area contributed by atoms with E-state index in [-0.39, 0.29) is 5.91 Å². The SMILES string of the molecule is CC1CCCN(C(=O)c2c[nH]c3ccccc23)C1. The van der Waals surface area contributed by atoms with Crippen molar-refractivity contribution < 1.29 is 4.79 Å². The molecule has 18 heavy (non-hydrogen) atoms. The molecule has 1 fully saturated rings. The zero-order chi connectivity index (χ0) is 12.5. The summed E-state index contributed by atoms with van der Waals surface area (Å²) in [7, 11) is 0. The maximum Gasteiger partial charge on any atom is 0.256 e. The first-order valence-corrected chi connectivity index (χ1v) is 6.61. The third kappa shape index (κ3) is 1.90. The van der Waals surface area contributed by atoms with Crippen LogP contribution in [0.3, 0.4) is 0 Å². The number of aromatic amines is 1. The summed E-state index contributed by atoms with van der Waals surface area (Å²) in [5.74, 6) is 0.784. The highest BCUT2D eigenvalue weighted by Gasteiger charge is 2.23. The van der Waals surface area contributed by atoms with E-state index in [1.54, 1.807) is 0 Å². The number of carbonyl (C=O) groups excluding carboxylic acids is 1. The van der Waals surface area contributed by atoms with E-state index in [1.165, 1.54) is 6.42 Å². The van der Waals surface area contributed by atoms with E-state index in [0.29, 0.717) is 5.92 Å². The van der Waals surface area contributed by atoms with Crippen LogP contribution in [0.5, 0.6) is 0 Å². The second-order valence-corrected chi connectivity index (χ2v) is 5.25. The first-order chi connectivity index (χ1) is 8.75. The van der Waals surface area contributed by atoms with Crippen LogP contribution < -0.4 is 0 Å². The van der Waals surface area contributed by atoms with Gasteiger partial charge in [0.05, 0.1) is 5.56 Å². The first kappa shape index (κ1) is 11.3. The number of fused-ring (bicyclic) bond motifs is 1. The molecule has 3 nitrogen and oxygen atoms in total. The number of hydrogen-bond acceptors (Lipinski definition) is 1. The van der Waals surface area contributed by atoms with Crippen molar-refractivity contribution >= 4 is 16.8 Å². The summed E-state index contributed by atoms with van der Waals surface area (Å²) in [5, 5.41) is 1.03. The number of para-hydroxylation sites is 1. The summed E-state index contributed by atoms with van der Waals surface area (Å²) in [5.41, 5.74) is 1.84. The van der Waals surface area contributed by atoms with Crippen molar-refractivity contribution in [1.82, 2.24) is 9.88 Å². The first-order valence-electron chi connectivity index (χ1n) is 6.61. The number of amides is 1. The molecule has 1 aliphatic heterocycles. The molecule has 3 heteroatoms. The number of H-pyrrole nitrogens is 1. The lowest BCUT2D eigenvalue weighted by Crippen LogP contribution is -2.39. The van der Waals surface area contributed by atoms with E-state index in [2.05, 4.69) is 11.9 Å². The number of likely N-dealkylation sites (tertiary alicyclic amines) is 1. The molecular formula is C15H18N2O. The zero-order valence-electron chi connectivity index (χ0n) is 10.6. The van der Waals surface area contributed by atoms with Crippen molar-refractivity contribution in [3.63, 3.8) is 0 Å². The van der Waals surface area contributed by atoms with Crippen LogP contribution in [0.2, 0.25) is 0 Å². The number of nitrogens with one attached hydrogen (secondary N) is 1. The molecule has 1 aliphatic rings. The van der Waals surface area contributed by atoms with Crippen molar-refractivity contribution in [1.29, 1.82) is 0 Å². The monoisotopic (exact) mass is 242 g/mol. The minimum absolute atomic E-state index is 0.166. The molecule has 1 aromatic heterocycles. The molecule has 1 atom stereocenters. The number of nitrogens with zero attached hydrogens (tertiary/aromatic N) is 1. The van der Waals surface area contributed by atoms with Gasteiger partial charge in [-0.15, -0.1) is 0 Å². The van der Waals surface area contributed by atoms with Gasteiger partial charge in [0.25, 0.3) is 5.91 Å². The Morgan fingerprint density at radius 1 is 1.39 bits per heavy atom. The fourth-order valence-corrected chi connectivity index (χ4v) is 2.79. The normalized spacial score (nSPS) is 20.3. The van der Waals surface area contributed by atoms with Crippen LogP contribution in [-0.4, -0.2) is 28.9 Å². The summed E-state index contributed by atoms with van der Waals surface area (Å²) >= 11 is 0. The van der Waals surface area contributed by atoms with Gasteiger partial charge in [-0.1, -0.05) is 25.1 Å². The van der Waals surface area contributed by atoms with Crippen LogP contribution in [0.25, 0.3) is 10.9 Å². The molecule has 0 saturated carbocycles. The van der Waals surface area contributed by atoms with Gasteiger partial charge in [-0.05, 0) is 24.8 Å². The average molecular weight is 242 g/mol. The molecule has 0 radical (unpaired) electrons. The number of piperidine rings is 1. The smallest absolute Gasteiger partial charge is 0.256 e. The zero-order valence-corrected chi connectivity index (χ0v) is 10.6. The molecule has 2 heterocycles. The Labute approximate surface area is 107 Å². The molecule has 1 aromatic carbocycles. The number of carbonyl (C=O) groups is 1. The summed E-state index contributed by atoms with van der Waals surface area (Å²) in [4.78, 5) is 17.7. The van der Waals surface area contributed by atoms with E-state index in [0.717, 1.165) is 36.0 Å². The maximum absolute atomic E-state index is 12.5. The molecule has 1 saturated heterocycles. The van der Waals surface area contributed by atoms with Crippen molar-refractivity contribution in [3.05, 3.63) is 36.0 Å². The predicted molar refractivity (Wildman–Crippen MR) is 72.6 cm³/mol. The number of benzene rings is 1. The van der Waals surface area contributed by atoms with Crippen LogP contribution >= 0.6 is 0 Å². The van der Waals surface area contributed by atoms with Gasteiger partial charge in [-0.3, -0.25) is 4.79 Å². The van der Waals surface area contributed by atoms with Gasteiger partial charge in [-0.2, -0.15) is 0 Å². The molecule has 3 rings (SSSR count). The lowest BCUT2D eigenvalue weighted by molar-refractivity contribution is 0.0685. The molecule has 1 amide bonds. The van der Waals surface area contributed by atoms with E-state index >= 15 is 0 Å². The molecule has 0 aliphatic carbocycles. The number of rotatable bonds is 1. The van der Waals surface area contributed by atoms with Crippen molar-refractivity contribution in [2.24, 2.45) is 5.92 Å². The lowest BCUT2D eigenvalue weighted by atomic mass is 9.99. The van der Waals surface area contributed by atoms with E-state index in [4.69, 9.17) is 0 Å². The van der Waals surface area contributed by atoms with Gasteiger partial charge in [0.15, 0.2) is 0 Å². The van der Waals surface area contributed by atoms with Crippen LogP contribution in [0.1, 0.15) is 30.1 Å². The van der Waals surface area contributed by atoms with Crippen LogP contribution in [0, 0.1) is 5.92 Å². The van der Waals surface area contributed by atoms with Gasteiger partial charge in [0.2, 0.25) is 0 Å².